The van der Waals surface area contributed by atoms with Gasteiger partial charge in [0, 0.05) is 6.51 Å². The summed E-state index contributed by atoms with van der Waals surface area (Å²) >= 11 is 0. The Bertz CT molecular complexity index is 19.2. The zero-order valence-electron chi connectivity index (χ0n) is 2.68. The molecule has 0 atom stereocenters. The standard InChI is InChI=1S/CH2B2O2/c1-2-3-5-4-1/h1H2. The second-order valence-corrected chi connectivity index (χ2v) is 0.753. The average molecular weight is 67.6 g/mol. The molecule has 1 saturated heterocycles. The number of hydrogen-bond donors (Lipinski definition) is 0. The van der Waals surface area contributed by atoms with Gasteiger partial charge in [-0.3, -0.25) is 4.89 Å². The lowest BCUT2D eigenvalue weighted by Gasteiger charge is -1.80. The Morgan fingerprint density at radius 2 is 2.60 bits per heavy atom. The maximum atomic E-state index is 4.33. The van der Waals surface area contributed by atoms with Crippen LogP contribution in [0.4, 0.5) is 0 Å². The lowest BCUT2D eigenvalue weighted by atomic mass is 9.52. The van der Waals surface area contributed by atoms with E-state index in [0.29, 0.717) is 6.51 Å². The van der Waals surface area contributed by atoms with E-state index in [1.807, 2.05) is 0 Å². The van der Waals surface area contributed by atoms with Crippen LogP contribution in [0.5, 0.6) is 0 Å². The molecule has 0 saturated carbocycles. The Balaban J connectivity index is 2.08. The third-order valence-electron chi connectivity index (χ3n) is 0.384. The van der Waals surface area contributed by atoms with Gasteiger partial charge < -0.3 is 4.81 Å². The molecule has 4 heteroatoms. The minimum Gasteiger partial charge on any atom is -0.323 e. The normalized spacial score (nSPS) is 20.8. The molecule has 0 spiro atoms. The molecule has 0 unspecified atom stereocenters. The van der Waals surface area contributed by atoms with E-state index < -0.39 is 0 Å². The van der Waals surface area contributed by atoms with E-state index in [2.05, 4.69) is 9.69 Å². The predicted molar refractivity (Wildman–Crippen MR) is 18.5 cm³/mol. The molecule has 24 valence electrons. The monoisotopic (exact) mass is 68.0 g/mol. The van der Waals surface area contributed by atoms with Crippen LogP contribution in [0.25, 0.3) is 0 Å². The zero-order chi connectivity index (χ0) is 3.54. The van der Waals surface area contributed by atoms with Crippen molar-refractivity contribution in [3.8, 4) is 0 Å². The first kappa shape index (κ1) is 3.25. The zero-order valence-corrected chi connectivity index (χ0v) is 2.68. The predicted octanol–water partition coefficient (Wildman–Crippen LogP) is -0.856. The van der Waals surface area contributed by atoms with Crippen molar-refractivity contribution in [1.29, 1.82) is 0 Å². The van der Waals surface area contributed by atoms with Crippen molar-refractivity contribution in [2.45, 2.75) is 0 Å². The number of hydrogen-bond acceptors (Lipinski definition) is 2. The Hall–Kier alpha value is 0.0499. The lowest BCUT2D eigenvalue weighted by molar-refractivity contribution is -0.177. The van der Waals surface area contributed by atoms with Crippen molar-refractivity contribution in [2.24, 2.45) is 0 Å². The van der Waals surface area contributed by atoms with Crippen molar-refractivity contribution in [2.75, 3.05) is 6.51 Å². The first-order valence-electron chi connectivity index (χ1n) is 1.43. The molecule has 1 aliphatic heterocycles. The Labute approximate surface area is 31.9 Å². The highest BCUT2D eigenvalue weighted by Crippen LogP contribution is 1.80. The van der Waals surface area contributed by atoms with E-state index >= 15 is 0 Å². The van der Waals surface area contributed by atoms with Crippen LogP contribution in [0.15, 0.2) is 0 Å². The molecule has 1 fully saturated rings. The molecule has 1 aliphatic rings. The summed E-state index contributed by atoms with van der Waals surface area (Å²) in [5.41, 5.74) is 0. The van der Waals surface area contributed by atoms with Gasteiger partial charge >= 0.3 is 0 Å². The van der Waals surface area contributed by atoms with E-state index in [0.717, 1.165) is 0 Å². The molecule has 0 aromatic rings. The summed E-state index contributed by atoms with van der Waals surface area (Å²) in [6, 6.07) is 0. The third-order valence-corrected chi connectivity index (χ3v) is 0.384. The highest BCUT2D eigenvalue weighted by Gasteiger charge is 2.02. The topological polar surface area (TPSA) is 18.5 Å². The molecule has 0 aromatic carbocycles. The first-order chi connectivity index (χ1) is 2.50. The van der Waals surface area contributed by atoms with Crippen LogP contribution in [-0.2, 0) is 9.69 Å². The smallest absolute Gasteiger partial charge is 0.295 e. The van der Waals surface area contributed by atoms with Crippen molar-refractivity contribution in [3.63, 3.8) is 0 Å². The summed E-state index contributed by atoms with van der Waals surface area (Å²) in [6.45, 7) is 0.597. The minimum absolute atomic E-state index is 0.597. The van der Waals surface area contributed by atoms with Gasteiger partial charge in [0.25, 0.3) is 7.37 Å². The second-order valence-electron chi connectivity index (χ2n) is 0.753. The third kappa shape index (κ3) is 0.667. The Morgan fingerprint density at radius 3 is 2.80 bits per heavy atom. The molecule has 2 nitrogen and oxygen atoms in total. The summed E-state index contributed by atoms with van der Waals surface area (Å²) in [7, 11) is 3.31. The van der Waals surface area contributed by atoms with Gasteiger partial charge in [0.2, 0.25) is 0 Å². The average Bonchev–Trinajstić information content (AvgIpc) is 1.76. The Kier molecular flexibility index (Phi) is 0.960. The lowest BCUT2D eigenvalue weighted by Crippen LogP contribution is -1.94. The molecule has 1 rings (SSSR count). The van der Waals surface area contributed by atoms with Gasteiger partial charge in [0.1, 0.15) is 0 Å². The maximum Gasteiger partial charge on any atom is 0.295 e. The molecule has 1 heterocycles. The molecular weight excluding hydrogens is 65.6 g/mol. The molecular formula is CH2B2O2. The second kappa shape index (κ2) is 1.48. The van der Waals surface area contributed by atoms with Crippen molar-refractivity contribution < 1.29 is 9.69 Å². The quantitative estimate of drug-likeness (QED) is 0.271. The highest BCUT2D eigenvalue weighted by molar-refractivity contribution is 6.97. The van der Waals surface area contributed by atoms with Crippen LogP contribution in [-0.4, -0.2) is 21.0 Å². The largest absolute Gasteiger partial charge is 0.323 e. The molecule has 0 aromatic heterocycles. The molecule has 0 N–H and O–H groups in total. The Morgan fingerprint density at radius 1 is 1.60 bits per heavy atom. The van der Waals surface area contributed by atoms with Crippen LogP contribution in [0.1, 0.15) is 0 Å². The molecule has 0 amide bonds. The highest BCUT2D eigenvalue weighted by atomic mass is 17.2. The fourth-order valence-corrected chi connectivity index (χ4v) is 0.196. The van der Waals surface area contributed by atoms with E-state index in [9.17, 15) is 0 Å². The summed E-state index contributed by atoms with van der Waals surface area (Å²) in [4.78, 5) is 8.60. The SMILES string of the molecule is [B]1[B]OOC1. The molecule has 5 heavy (non-hydrogen) atoms. The summed E-state index contributed by atoms with van der Waals surface area (Å²) in [5.74, 6) is 0. The van der Waals surface area contributed by atoms with Crippen LogP contribution in [0, 0.1) is 0 Å². The van der Waals surface area contributed by atoms with Crippen LogP contribution in [0.2, 0.25) is 0 Å². The van der Waals surface area contributed by atoms with Gasteiger partial charge in [-0.15, -0.1) is 0 Å². The van der Waals surface area contributed by atoms with Crippen molar-refractivity contribution in [3.05, 3.63) is 0 Å². The molecule has 2 radical (unpaired) electrons. The van der Waals surface area contributed by atoms with E-state index in [4.69, 9.17) is 0 Å². The van der Waals surface area contributed by atoms with Gasteiger partial charge in [0.05, 0.1) is 0 Å². The minimum atomic E-state index is 0.597. The maximum absolute atomic E-state index is 4.33. The molecule has 0 bridgehead atoms. The van der Waals surface area contributed by atoms with Crippen molar-refractivity contribution in [1.82, 2.24) is 0 Å². The van der Waals surface area contributed by atoms with Gasteiger partial charge in [0.15, 0.2) is 7.17 Å². The van der Waals surface area contributed by atoms with E-state index in [1.54, 1.807) is 7.17 Å². The summed E-state index contributed by atoms with van der Waals surface area (Å²) < 4.78 is 0. The van der Waals surface area contributed by atoms with Gasteiger partial charge in [-0.1, -0.05) is 0 Å². The van der Waals surface area contributed by atoms with Crippen LogP contribution < -0.4 is 0 Å². The fraction of sp³-hybridized carbons (Fsp3) is 1.00. The van der Waals surface area contributed by atoms with Crippen molar-refractivity contribution >= 4 is 14.5 Å². The molecule has 0 aliphatic carbocycles. The summed E-state index contributed by atoms with van der Waals surface area (Å²) in [5, 5.41) is 0. The summed E-state index contributed by atoms with van der Waals surface area (Å²) in [6.07, 6.45) is 0. The van der Waals surface area contributed by atoms with Gasteiger partial charge in [-0.25, -0.2) is 0 Å². The first-order valence-corrected chi connectivity index (χ1v) is 1.43. The van der Waals surface area contributed by atoms with Gasteiger partial charge in [-0.2, -0.15) is 0 Å². The van der Waals surface area contributed by atoms with Crippen LogP contribution >= 0.6 is 0 Å². The van der Waals surface area contributed by atoms with Crippen LogP contribution in [0.3, 0.4) is 0 Å². The van der Waals surface area contributed by atoms with E-state index in [-0.39, 0.29) is 0 Å². The van der Waals surface area contributed by atoms with E-state index in [1.165, 1.54) is 7.37 Å². The van der Waals surface area contributed by atoms with Gasteiger partial charge in [-0.05, 0) is 0 Å². The number of rotatable bonds is 0. The fourth-order valence-electron chi connectivity index (χ4n) is 0.196.